The monoisotopic (exact) mass is 413 g/mol. The molecule has 4 aromatic rings. The van der Waals surface area contributed by atoms with Gasteiger partial charge in [-0.15, -0.1) is 0 Å². The van der Waals surface area contributed by atoms with E-state index in [1.807, 2.05) is 6.07 Å². The molecule has 1 saturated heterocycles. The van der Waals surface area contributed by atoms with Gasteiger partial charge in [0.25, 0.3) is 5.56 Å². The highest BCUT2D eigenvalue weighted by atomic mass is 16.1. The summed E-state index contributed by atoms with van der Waals surface area (Å²) < 4.78 is 1.72. The van der Waals surface area contributed by atoms with Crippen molar-refractivity contribution in [2.45, 2.75) is 33.2 Å². The first-order valence-corrected chi connectivity index (χ1v) is 10.8. The molecule has 0 bridgehead atoms. The van der Waals surface area contributed by atoms with Crippen LogP contribution in [-0.2, 0) is 6.54 Å². The van der Waals surface area contributed by atoms with Gasteiger partial charge >= 0.3 is 0 Å². The Morgan fingerprint density at radius 3 is 2.71 bits per heavy atom. The summed E-state index contributed by atoms with van der Waals surface area (Å²) in [5.74, 6) is 2.03. The van der Waals surface area contributed by atoms with Gasteiger partial charge in [0.1, 0.15) is 5.82 Å². The molecule has 2 aromatic carbocycles. The van der Waals surface area contributed by atoms with Crippen LogP contribution >= 0.6 is 0 Å². The molecule has 2 aromatic heterocycles. The Bertz CT molecular complexity index is 1290. The van der Waals surface area contributed by atoms with E-state index in [9.17, 15) is 4.79 Å². The Hall–Kier alpha value is -3.25. The maximum atomic E-state index is 12.9. The Morgan fingerprint density at radius 1 is 1.10 bits per heavy atom. The van der Waals surface area contributed by atoms with Crippen LogP contribution in [0.3, 0.4) is 0 Å². The minimum Gasteiger partial charge on any atom is -0.307 e. The first-order valence-electron chi connectivity index (χ1n) is 10.8. The Kier molecular flexibility index (Phi) is 4.94. The second-order valence-electron chi connectivity index (χ2n) is 8.80. The van der Waals surface area contributed by atoms with E-state index >= 15 is 0 Å². The van der Waals surface area contributed by atoms with Crippen molar-refractivity contribution < 1.29 is 0 Å². The summed E-state index contributed by atoms with van der Waals surface area (Å²) in [7, 11) is 0. The summed E-state index contributed by atoms with van der Waals surface area (Å²) in [4.78, 5) is 22.9. The van der Waals surface area contributed by atoms with Crippen molar-refractivity contribution in [3.05, 3.63) is 87.6 Å². The summed E-state index contributed by atoms with van der Waals surface area (Å²) in [5.41, 5.74) is 4.93. The molecule has 2 unspecified atom stereocenters. The minimum atomic E-state index is -0.136. The van der Waals surface area contributed by atoms with Gasteiger partial charge < -0.3 is 4.98 Å². The molecule has 0 amide bonds. The fourth-order valence-corrected chi connectivity index (χ4v) is 4.64. The van der Waals surface area contributed by atoms with Crippen LogP contribution < -0.4 is 5.56 Å². The third kappa shape index (κ3) is 3.68. The van der Waals surface area contributed by atoms with Gasteiger partial charge in [-0.05, 0) is 37.0 Å². The molecule has 0 aliphatic carbocycles. The molecule has 0 radical (unpaired) electrons. The van der Waals surface area contributed by atoms with E-state index in [-0.39, 0.29) is 11.5 Å². The van der Waals surface area contributed by atoms with Crippen molar-refractivity contribution >= 4 is 5.52 Å². The molecule has 158 valence electrons. The predicted molar refractivity (Wildman–Crippen MR) is 122 cm³/mol. The van der Waals surface area contributed by atoms with Gasteiger partial charge in [-0.2, -0.15) is 5.10 Å². The fourth-order valence-electron chi connectivity index (χ4n) is 4.64. The topological polar surface area (TPSA) is 66.3 Å². The maximum absolute atomic E-state index is 12.9. The normalized spacial score (nSPS) is 19.3. The van der Waals surface area contributed by atoms with Crippen LogP contribution in [0, 0.1) is 19.8 Å². The lowest BCUT2D eigenvalue weighted by Crippen LogP contribution is -2.23. The second-order valence-corrected chi connectivity index (χ2v) is 8.80. The standard InChI is InChI=1S/C25H27N5O/c1-16-9-10-17(2)20(11-16)24-26-12-22-25(31)27-23(28-30(22)24)21-15-29(13-18(21)3)14-19-7-5-4-6-8-19/h4-12,18,21H,13-15H2,1-3H3,(H,27,28,31). The summed E-state index contributed by atoms with van der Waals surface area (Å²) >= 11 is 0. The van der Waals surface area contributed by atoms with E-state index < -0.39 is 0 Å². The van der Waals surface area contributed by atoms with Crippen molar-refractivity contribution in [3.63, 3.8) is 0 Å². The van der Waals surface area contributed by atoms with Crippen molar-refractivity contribution in [3.8, 4) is 11.4 Å². The highest BCUT2D eigenvalue weighted by Crippen LogP contribution is 2.31. The first-order chi connectivity index (χ1) is 15.0. The Morgan fingerprint density at radius 2 is 1.90 bits per heavy atom. The highest BCUT2D eigenvalue weighted by Gasteiger charge is 2.33. The van der Waals surface area contributed by atoms with E-state index in [1.54, 1.807) is 10.7 Å². The van der Waals surface area contributed by atoms with Crippen LogP contribution in [-0.4, -0.2) is 37.6 Å². The number of nitrogens with one attached hydrogen (secondary N) is 1. The zero-order valence-electron chi connectivity index (χ0n) is 18.2. The van der Waals surface area contributed by atoms with Crippen LogP contribution in [0.1, 0.15) is 35.4 Å². The number of aryl methyl sites for hydroxylation is 2. The van der Waals surface area contributed by atoms with Gasteiger partial charge in [0, 0.05) is 31.1 Å². The van der Waals surface area contributed by atoms with Crippen molar-refractivity contribution in [1.29, 1.82) is 0 Å². The number of H-pyrrole nitrogens is 1. The van der Waals surface area contributed by atoms with Crippen LogP contribution in [0.15, 0.2) is 59.5 Å². The quantitative estimate of drug-likeness (QED) is 0.550. The molecule has 0 saturated carbocycles. The van der Waals surface area contributed by atoms with Crippen molar-refractivity contribution in [1.82, 2.24) is 24.5 Å². The lowest BCUT2D eigenvalue weighted by Gasteiger charge is -2.16. The molecule has 1 N–H and O–H groups in total. The molecule has 2 atom stereocenters. The number of imidazole rings is 1. The maximum Gasteiger partial charge on any atom is 0.276 e. The average Bonchev–Trinajstić information content (AvgIpc) is 3.34. The molecule has 3 heterocycles. The number of hydrogen-bond donors (Lipinski definition) is 1. The van der Waals surface area contributed by atoms with E-state index in [1.165, 1.54) is 5.56 Å². The number of likely N-dealkylation sites (tertiary alicyclic amines) is 1. The summed E-state index contributed by atoms with van der Waals surface area (Å²) in [6.07, 6.45) is 1.62. The van der Waals surface area contributed by atoms with Crippen LogP contribution in [0.5, 0.6) is 0 Å². The predicted octanol–water partition coefficient (Wildman–Crippen LogP) is 3.94. The minimum absolute atomic E-state index is 0.136. The fraction of sp³-hybridized carbons (Fsp3) is 0.320. The van der Waals surface area contributed by atoms with E-state index in [2.05, 4.69) is 78.1 Å². The molecule has 6 heteroatoms. The van der Waals surface area contributed by atoms with Gasteiger partial charge in [0.2, 0.25) is 0 Å². The zero-order valence-corrected chi connectivity index (χ0v) is 18.2. The molecule has 5 rings (SSSR count). The van der Waals surface area contributed by atoms with Crippen molar-refractivity contribution in [2.75, 3.05) is 13.1 Å². The van der Waals surface area contributed by atoms with Gasteiger partial charge in [0.15, 0.2) is 11.3 Å². The first kappa shape index (κ1) is 19.7. The molecule has 6 nitrogen and oxygen atoms in total. The van der Waals surface area contributed by atoms with Gasteiger partial charge in [0.05, 0.1) is 6.20 Å². The van der Waals surface area contributed by atoms with Gasteiger partial charge in [-0.1, -0.05) is 55.0 Å². The Balaban J connectivity index is 1.51. The largest absolute Gasteiger partial charge is 0.307 e. The number of hydrogen-bond acceptors (Lipinski definition) is 4. The molecule has 1 aliphatic heterocycles. The number of aromatic amines is 1. The smallest absolute Gasteiger partial charge is 0.276 e. The van der Waals surface area contributed by atoms with Crippen LogP contribution in [0.2, 0.25) is 0 Å². The summed E-state index contributed by atoms with van der Waals surface area (Å²) in [5, 5.41) is 4.89. The number of rotatable bonds is 4. The van der Waals surface area contributed by atoms with Crippen LogP contribution in [0.25, 0.3) is 16.9 Å². The van der Waals surface area contributed by atoms with E-state index in [0.29, 0.717) is 11.4 Å². The molecular formula is C25H27N5O. The number of nitrogens with zero attached hydrogens (tertiary/aromatic N) is 4. The third-order valence-corrected chi connectivity index (χ3v) is 6.34. The lowest BCUT2D eigenvalue weighted by molar-refractivity contribution is 0.318. The third-order valence-electron chi connectivity index (χ3n) is 6.34. The molecule has 1 aliphatic rings. The number of aromatic nitrogens is 4. The average molecular weight is 414 g/mol. The van der Waals surface area contributed by atoms with Gasteiger partial charge in [-0.3, -0.25) is 9.69 Å². The molecule has 0 spiro atoms. The van der Waals surface area contributed by atoms with Crippen LogP contribution in [0.4, 0.5) is 0 Å². The molecular weight excluding hydrogens is 386 g/mol. The molecule has 31 heavy (non-hydrogen) atoms. The summed E-state index contributed by atoms with van der Waals surface area (Å²) in [6, 6.07) is 16.8. The van der Waals surface area contributed by atoms with Crippen molar-refractivity contribution in [2.24, 2.45) is 5.92 Å². The number of fused-ring (bicyclic) bond motifs is 1. The number of benzene rings is 2. The highest BCUT2D eigenvalue weighted by molar-refractivity contribution is 5.65. The second kappa shape index (κ2) is 7.78. The zero-order chi connectivity index (χ0) is 21.5. The Labute approximate surface area is 181 Å². The van der Waals surface area contributed by atoms with E-state index in [0.717, 1.165) is 48.0 Å². The van der Waals surface area contributed by atoms with E-state index in [4.69, 9.17) is 5.10 Å². The van der Waals surface area contributed by atoms with Gasteiger partial charge in [-0.25, -0.2) is 9.50 Å². The lowest BCUT2D eigenvalue weighted by atomic mass is 9.97. The molecule has 1 fully saturated rings. The summed E-state index contributed by atoms with van der Waals surface area (Å²) in [6.45, 7) is 9.12. The SMILES string of the molecule is Cc1ccc(C)c(-c2ncc3c(=O)[nH]c(C4CN(Cc5ccccc5)CC4C)nn23)c1.